The summed E-state index contributed by atoms with van der Waals surface area (Å²) in [5.41, 5.74) is 2.74. The number of hydrogen-bond acceptors (Lipinski definition) is 3. The first-order valence-corrected chi connectivity index (χ1v) is 10.3. The molecule has 4 aromatic carbocycles. The van der Waals surface area contributed by atoms with Gasteiger partial charge in [-0.3, -0.25) is 4.79 Å². The largest absolute Gasteiger partial charge is 0.506 e. The predicted molar refractivity (Wildman–Crippen MR) is 126 cm³/mol. The lowest BCUT2D eigenvalue weighted by atomic mass is 9.96. The summed E-state index contributed by atoms with van der Waals surface area (Å²) in [6.45, 7) is 1.98. The Morgan fingerprint density at radius 2 is 1.72 bits per heavy atom. The minimum absolute atomic E-state index is 0.0667. The van der Waals surface area contributed by atoms with Crippen molar-refractivity contribution < 1.29 is 19.8 Å². The van der Waals surface area contributed by atoms with Crippen molar-refractivity contribution in [2.75, 3.05) is 5.32 Å². The fourth-order valence-electron chi connectivity index (χ4n) is 4.32. The topological polar surface area (TPSA) is 102 Å². The number of aromatic hydroxyl groups is 1. The number of fused-ring (bicyclic) bond motifs is 5. The first-order valence-electron chi connectivity index (χ1n) is 10.3. The van der Waals surface area contributed by atoms with Crippen LogP contribution in [0, 0.1) is 0 Å². The van der Waals surface area contributed by atoms with E-state index in [1.165, 1.54) is 6.07 Å². The first-order chi connectivity index (χ1) is 15.5. The summed E-state index contributed by atoms with van der Waals surface area (Å²) in [5.74, 6) is -2.42. The molecular formula is C26H20N2O4. The van der Waals surface area contributed by atoms with Gasteiger partial charge in [0.15, 0.2) is 0 Å². The molecule has 0 atom stereocenters. The van der Waals surface area contributed by atoms with E-state index in [4.69, 9.17) is 0 Å². The van der Waals surface area contributed by atoms with Crippen LogP contribution in [0.2, 0.25) is 0 Å². The van der Waals surface area contributed by atoms with Crippen LogP contribution in [0.4, 0.5) is 5.69 Å². The molecule has 4 N–H and O–H groups in total. The van der Waals surface area contributed by atoms with Gasteiger partial charge < -0.3 is 20.5 Å². The molecule has 1 amide bonds. The summed E-state index contributed by atoms with van der Waals surface area (Å²) < 4.78 is 0. The molecule has 0 spiro atoms. The Morgan fingerprint density at radius 1 is 0.969 bits per heavy atom. The van der Waals surface area contributed by atoms with Crippen LogP contribution in [0.15, 0.2) is 66.7 Å². The average molecular weight is 424 g/mol. The zero-order valence-corrected chi connectivity index (χ0v) is 17.3. The van der Waals surface area contributed by atoms with Gasteiger partial charge in [-0.1, -0.05) is 55.5 Å². The Hall–Kier alpha value is -4.32. The maximum Gasteiger partial charge on any atom is 0.339 e. The monoisotopic (exact) mass is 424 g/mol. The number of carbonyl (C=O) groups excluding carboxylic acids is 1. The van der Waals surface area contributed by atoms with Gasteiger partial charge >= 0.3 is 5.97 Å². The number of phenols is 1. The van der Waals surface area contributed by atoms with Crippen molar-refractivity contribution in [1.29, 1.82) is 0 Å². The van der Waals surface area contributed by atoms with Crippen molar-refractivity contribution in [1.82, 2.24) is 4.98 Å². The zero-order valence-electron chi connectivity index (χ0n) is 17.3. The van der Waals surface area contributed by atoms with E-state index in [9.17, 15) is 19.8 Å². The Morgan fingerprint density at radius 3 is 2.50 bits per heavy atom. The van der Waals surface area contributed by atoms with Crippen molar-refractivity contribution in [3.05, 3.63) is 83.4 Å². The molecule has 5 aromatic rings. The Balaban J connectivity index is 1.83. The third kappa shape index (κ3) is 2.96. The number of nitrogens with one attached hydrogen (secondary N) is 2. The lowest BCUT2D eigenvalue weighted by Gasteiger charge is -2.15. The van der Waals surface area contributed by atoms with Gasteiger partial charge in [0.05, 0.1) is 11.1 Å². The maximum atomic E-state index is 13.5. The third-order valence-corrected chi connectivity index (χ3v) is 5.86. The van der Waals surface area contributed by atoms with Gasteiger partial charge in [0, 0.05) is 27.4 Å². The van der Waals surface area contributed by atoms with Crippen LogP contribution in [0.25, 0.3) is 32.6 Å². The van der Waals surface area contributed by atoms with E-state index in [1.807, 2.05) is 55.5 Å². The molecule has 6 nitrogen and oxygen atoms in total. The van der Waals surface area contributed by atoms with E-state index in [0.717, 1.165) is 21.9 Å². The van der Waals surface area contributed by atoms with Crippen LogP contribution in [-0.2, 0) is 6.42 Å². The van der Waals surface area contributed by atoms with Crippen LogP contribution >= 0.6 is 0 Å². The summed E-state index contributed by atoms with van der Waals surface area (Å²) in [7, 11) is 0. The fourth-order valence-corrected chi connectivity index (χ4v) is 4.32. The number of aromatic amines is 1. The van der Waals surface area contributed by atoms with E-state index in [-0.39, 0.29) is 11.1 Å². The average Bonchev–Trinajstić information content (AvgIpc) is 3.17. The molecular weight excluding hydrogens is 404 g/mol. The highest BCUT2D eigenvalue weighted by molar-refractivity contribution is 6.26. The highest BCUT2D eigenvalue weighted by Gasteiger charge is 2.25. The number of anilines is 1. The fraction of sp³-hybridized carbons (Fsp3) is 0.0769. The molecule has 0 bridgehead atoms. The molecule has 32 heavy (non-hydrogen) atoms. The number of benzene rings is 4. The number of para-hydroxylation sites is 2. The van der Waals surface area contributed by atoms with Crippen LogP contribution in [0.5, 0.6) is 5.75 Å². The van der Waals surface area contributed by atoms with E-state index in [2.05, 4.69) is 10.3 Å². The van der Waals surface area contributed by atoms with Gasteiger partial charge in [0.1, 0.15) is 11.3 Å². The lowest BCUT2D eigenvalue weighted by Crippen LogP contribution is -2.15. The van der Waals surface area contributed by atoms with Crippen molar-refractivity contribution in [2.45, 2.75) is 13.3 Å². The second-order valence-corrected chi connectivity index (χ2v) is 7.67. The summed E-state index contributed by atoms with van der Waals surface area (Å²) in [6.07, 6.45) is 0.713. The van der Waals surface area contributed by atoms with Gasteiger partial charge in [-0.2, -0.15) is 0 Å². The Kier molecular flexibility index (Phi) is 4.56. The summed E-state index contributed by atoms with van der Waals surface area (Å²) in [6, 6.07) is 20.2. The van der Waals surface area contributed by atoms with Crippen molar-refractivity contribution in [2.24, 2.45) is 0 Å². The number of carbonyl (C=O) groups is 2. The molecule has 0 radical (unpaired) electrons. The first kappa shape index (κ1) is 19.6. The normalized spacial score (nSPS) is 11.3. The SMILES string of the molecule is CCc1ccccc1NC(=O)c1c(O)c(C(=O)O)cc2ccc3c4ccccc4[nH]c3c12. The number of aromatic nitrogens is 1. The van der Waals surface area contributed by atoms with Crippen LogP contribution in [0.1, 0.15) is 33.2 Å². The molecule has 0 fully saturated rings. The second-order valence-electron chi connectivity index (χ2n) is 7.67. The molecule has 1 aromatic heterocycles. The molecule has 1 heterocycles. The van der Waals surface area contributed by atoms with E-state index in [1.54, 1.807) is 12.1 Å². The van der Waals surface area contributed by atoms with Crippen LogP contribution in [-0.4, -0.2) is 27.1 Å². The third-order valence-electron chi connectivity index (χ3n) is 5.86. The summed E-state index contributed by atoms with van der Waals surface area (Å²) >= 11 is 0. The Labute approximate surface area is 183 Å². The molecule has 0 aliphatic carbocycles. The minimum Gasteiger partial charge on any atom is -0.506 e. The number of aryl methyl sites for hydroxylation is 1. The molecule has 0 saturated heterocycles. The van der Waals surface area contributed by atoms with E-state index in [0.29, 0.717) is 28.4 Å². The van der Waals surface area contributed by atoms with Gasteiger partial charge in [-0.15, -0.1) is 0 Å². The number of amides is 1. The maximum absolute atomic E-state index is 13.5. The van der Waals surface area contributed by atoms with Crippen LogP contribution in [0.3, 0.4) is 0 Å². The molecule has 0 aliphatic rings. The Bertz CT molecular complexity index is 1550. The minimum atomic E-state index is -1.30. The van der Waals surface area contributed by atoms with Gasteiger partial charge in [0.2, 0.25) is 0 Å². The van der Waals surface area contributed by atoms with Crippen LogP contribution < -0.4 is 5.32 Å². The number of carboxylic acid groups (broad SMARTS) is 1. The highest BCUT2D eigenvalue weighted by Crippen LogP contribution is 2.38. The number of rotatable bonds is 4. The van der Waals surface area contributed by atoms with Crippen molar-refractivity contribution in [3.63, 3.8) is 0 Å². The van der Waals surface area contributed by atoms with Gasteiger partial charge in [-0.05, 0) is 35.6 Å². The molecule has 6 heteroatoms. The smallest absolute Gasteiger partial charge is 0.339 e. The number of H-pyrrole nitrogens is 1. The number of aromatic carboxylic acids is 1. The predicted octanol–water partition coefficient (Wildman–Crippen LogP) is 5.69. The lowest BCUT2D eigenvalue weighted by molar-refractivity contribution is 0.0694. The quantitative estimate of drug-likeness (QED) is 0.297. The number of hydrogen-bond donors (Lipinski definition) is 4. The summed E-state index contributed by atoms with van der Waals surface area (Å²) in [5, 5.41) is 26.3. The molecule has 0 aliphatic heterocycles. The molecule has 0 saturated carbocycles. The second kappa shape index (κ2) is 7.42. The molecule has 0 unspecified atom stereocenters. The van der Waals surface area contributed by atoms with Crippen molar-refractivity contribution in [3.8, 4) is 5.75 Å². The molecule has 5 rings (SSSR count). The number of carboxylic acids is 1. The standard InChI is InChI=1S/C26H20N2O4/c1-2-14-7-3-5-9-19(14)28-25(30)22-21-15(13-18(24(22)29)26(31)32)11-12-17-16-8-4-6-10-20(16)27-23(17)21/h3-13,27,29H,2H2,1H3,(H,28,30)(H,31,32). The van der Waals surface area contributed by atoms with E-state index < -0.39 is 17.6 Å². The van der Waals surface area contributed by atoms with E-state index >= 15 is 0 Å². The highest BCUT2D eigenvalue weighted by atomic mass is 16.4. The zero-order chi connectivity index (χ0) is 22.4. The van der Waals surface area contributed by atoms with Gasteiger partial charge in [0.25, 0.3) is 5.91 Å². The summed E-state index contributed by atoms with van der Waals surface area (Å²) in [4.78, 5) is 28.6. The van der Waals surface area contributed by atoms with Crippen molar-refractivity contribution >= 4 is 50.1 Å². The van der Waals surface area contributed by atoms with Gasteiger partial charge in [-0.25, -0.2) is 4.79 Å². The molecule has 158 valence electrons.